The maximum atomic E-state index is 14.2. The van der Waals surface area contributed by atoms with E-state index in [9.17, 15) is 4.39 Å². The van der Waals surface area contributed by atoms with Gasteiger partial charge in [-0.3, -0.25) is 4.99 Å². The van der Waals surface area contributed by atoms with Gasteiger partial charge in [-0.25, -0.2) is 4.39 Å². The zero-order valence-electron chi connectivity index (χ0n) is 11.9. The summed E-state index contributed by atoms with van der Waals surface area (Å²) >= 11 is 12.3. The monoisotopic (exact) mass is 334 g/mol. The van der Waals surface area contributed by atoms with E-state index in [0.29, 0.717) is 27.9 Å². The lowest BCUT2D eigenvalue weighted by Gasteiger charge is -2.24. The Morgan fingerprint density at radius 1 is 1.09 bits per heavy atom. The molecule has 0 saturated heterocycles. The third kappa shape index (κ3) is 2.87. The average Bonchev–Trinajstić information content (AvgIpc) is 2.48. The predicted octanol–water partition coefficient (Wildman–Crippen LogP) is 4.85. The van der Waals surface area contributed by atoms with E-state index in [-0.39, 0.29) is 5.82 Å². The molecule has 0 N–H and O–H groups in total. The van der Waals surface area contributed by atoms with Crippen LogP contribution >= 0.6 is 23.2 Å². The quantitative estimate of drug-likeness (QED) is 0.728. The molecule has 1 aliphatic rings. The van der Waals surface area contributed by atoms with Crippen LogP contribution in [0.15, 0.2) is 58.7 Å². The maximum absolute atomic E-state index is 14.2. The number of likely N-dealkylation sites (N-methyl/N-ethyl adjacent to an activating group) is 1. The van der Waals surface area contributed by atoms with Crippen LogP contribution < -0.4 is 4.90 Å². The second-order valence-corrected chi connectivity index (χ2v) is 5.97. The Morgan fingerprint density at radius 2 is 1.86 bits per heavy atom. The second kappa shape index (κ2) is 6.11. The summed E-state index contributed by atoms with van der Waals surface area (Å²) in [6.45, 7) is 0.532. The van der Waals surface area contributed by atoms with Crippen molar-refractivity contribution >= 4 is 34.6 Å². The largest absolute Gasteiger partial charge is 0.369 e. The zero-order valence-corrected chi connectivity index (χ0v) is 13.4. The fourth-order valence-electron chi connectivity index (χ4n) is 2.46. The van der Waals surface area contributed by atoms with E-state index in [0.717, 1.165) is 11.3 Å². The number of anilines is 1. The van der Waals surface area contributed by atoms with Gasteiger partial charge in [-0.05, 0) is 30.3 Å². The van der Waals surface area contributed by atoms with Crippen LogP contribution in [0.4, 0.5) is 10.1 Å². The molecule has 3 rings (SSSR count). The molecule has 2 aromatic rings. The minimum atomic E-state index is -0.333. The summed E-state index contributed by atoms with van der Waals surface area (Å²) in [6.07, 6.45) is 1.56. The van der Waals surface area contributed by atoms with Gasteiger partial charge in [-0.2, -0.15) is 0 Å². The third-order valence-electron chi connectivity index (χ3n) is 3.48. The first-order valence-electron chi connectivity index (χ1n) is 6.74. The third-order valence-corrected chi connectivity index (χ3v) is 3.93. The van der Waals surface area contributed by atoms with Crippen LogP contribution in [0.1, 0.15) is 11.1 Å². The molecule has 0 saturated carbocycles. The Bertz CT molecular complexity index is 784. The highest BCUT2D eigenvalue weighted by molar-refractivity contribution is 6.32. The summed E-state index contributed by atoms with van der Waals surface area (Å²) in [5.74, 6) is -0.333. The lowest BCUT2D eigenvalue weighted by molar-refractivity contribution is 0.625. The Morgan fingerprint density at radius 3 is 2.64 bits per heavy atom. The molecule has 112 valence electrons. The minimum absolute atomic E-state index is 0.333. The molecule has 2 nitrogen and oxygen atoms in total. The number of hydrogen-bond donors (Lipinski definition) is 0. The van der Waals surface area contributed by atoms with Gasteiger partial charge in [0.15, 0.2) is 0 Å². The van der Waals surface area contributed by atoms with E-state index in [4.69, 9.17) is 23.2 Å². The van der Waals surface area contributed by atoms with Crippen LogP contribution in [0.25, 0.3) is 0 Å². The zero-order chi connectivity index (χ0) is 15.7. The molecule has 0 unspecified atom stereocenters. The summed E-state index contributed by atoms with van der Waals surface area (Å²) in [4.78, 5) is 6.40. The summed E-state index contributed by atoms with van der Waals surface area (Å²) in [5, 5.41) is 1.16. The van der Waals surface area contributed by atoms with Gasteiger partial charge >= 0.3 is 0 Å². The highest BCUT2D eigenvalue weighted by Crippen LogP contribution is 2.29. The van der Waals surface area contributed by atoms with Crippen molar-refractivity contribution in [3.8, 4) is 0 Å². The van der Waals surface area contributed by atoms with E-state index in [2.05, 4.69) is 4.99 Å². The van der Waals surface area contributed by atoms with Crippen LogP contribution in [0.2, 0.25) is 5.02 Å². The number of nitrogens with zero attached hydrogens (tertiary/aromatic N) is 2. The van der Waals surface area contributed by atoms with Gasteiger partial charge in [0.05, 0.1) is 17.3 Å². The fraction of sp³-hybridized carbons (Fsp3) is 0.118. The highest BCUT2D eigenvalue weighted by atomic mass is 35.5. The summed E-state index contributed by atoms with van der Waals surface area (Å²) in [5.41, 5.74) is 2.61. The molecular formula is C17H13Cl2FN2. The minimum Gasteiger partial charge on any atom is -0.369 e. The molecule has 2 aromatic carbocycles. The normalized spacial score (nSPS) is 19.4. The average molecular weight is 335 g/mol. The van der Waals surface area contributed by atoms with E-state index in [1.165, 1.54) is 6.07 Å². The second-order valence-electron chi connectivity index (χ2n) is 5.05. The van der Waals surface area contributed by atoms with Crippen molar-refractivity contribution in [1.29, 1.82) is 0 Å². The molecule has 0 radical (unpaired) electrons. The first-order valence-corrected chi connectivity index (χ1v) is 7.50. The molecule has 5 heteroatoms. The molecule has 0 spiro atoms. The Balaban J connectivity index is 2.29. The van der Waals surface area contributed by atoms with Gasteiger partial charge in [0, 0.05) is 35.1 Å². The first-order chi connectivity index (χ1) is 10.6. The number of hydrogen-bond acceptors (Lipinski definition) is 2. The lowest BCUT2D eigenvalue weighted by atomic mass is 9.99. The van der Waals surface area contributed by atoms with Gasteiger partial charge in [-0.1, -0.05) is 35.3 Å². The molecule has 22 heavy (non-hydrogen) atoms. The molecule has 0 bridgehead atoms. The van der Waals surface area contributed by atoms with Gasteiger partial charge in [0.2, 0.25) is 0 Å². The van der Waals surface area contributed by atoms with Crippen LogP contribution in [-0.2, 0) is 0 Å². The van der Waals surface area contributed by atoms with Crippen molar-refractivity contribution in [2.45, 2.75) is 0 Å². The number of halogens is 3. The molecule has 0 aliphatic carbocycles. The summed E-state index contributed by atoms with van der Waals surface area (Å²) in [6, 6.07) is 12.0. The smallest absolute Gasteiger partial charge is 0.132 e. The first kappa shape index (κ1) is 15.1. The summed E-state index contributed by atoms with van der Waals surface area (Å²) in [7, 11) is 1.92. The molecule has 0 fully saturated rings. The Hall–Kier alpha value is -1.84. The summed E-state index contributed by atoms with van der Waals surface area (Å²) < 4.78 is 14.2. The van der Waals surface area contributed by atoms with E-state index in [1.807, 2.05) is 18.0 Å². The topological polar surface area (TPSA) is 15.6 Å². The van der Waals surface area contributed by atoms with Gasteiger partial charge < -0.3 is 4.90 Å². The molecule has 1 aliphatic heterocycles. The molecule has 0 amide bonds. The highest BCUT2D eigenvalue weighted by Gasteiger charge is 2.19. The molecule has 1 heterocycles. The van der Waals surface area contributed by atoms with E-state index in [1.54, 1.807) is 36.5 Å². The van der Waals surface area contributed by atoms with Gasteiger partial charge in [0.25, 0.3) is 0 Å². The van der Waals surface area contributed by atoms with Crippen molar-refractivity contribution in [2.75, 3.05) is 18.5 Å². The Kier molecular flexibility index (Phi) is 4.19. The fourth-order valence-corrected chi connectivity index (χ4v) is 2.86. The van der Waals surface area contributed by atoms with Gasteiger partial charge in [-0.15, -0.1) is 0 Å². The van der Waals surface area contributed by atoms with Crippen LogP contribution in [-0.4, -0.2) is 19.3 Å². The lowest BCUT2D eigenvalue weighted by Crippen LogP contribution is -2.23. The van der Waals surface area contributed by atoms with Crippen LogP contribution in [0, 0.1) is 5.82 Å². The number of benzene rings is 2. The SMILES string of the molecule is CN1C/C(Cl)=C\N=C(\c2ccccc2F)c2cc(Cl)ccc21. The molecule has 0 aromatic heterocycles. The number of rotatable bonds is 1. The van der Waals surface area contributed by atoms with E-state index >= 15 is 0 Å². The van der Waals surface area contributed by atoms with Crippen LogP contribution in [0.5, 0.6) is 0 Å². The predicted molar refractivity (Wildman–Crippen MR) is 90.7 cm³/mol. The maximum Gasteiger partial charge on any atom is 0.132 e. The van der Waals surface area contributed by atoms with Crippen molar-refractivity contribution in [1.82, 2.24) is 0 Å². The van der Waals surface area contributed by atoms with Crippen molar-refractivity contribution in [3.63, 3.8) is 0 Å². The van der Waals surface area contributed by atoms with Crippen molar-refractivity contribution in [3.05, 3.63) is 75.7 Å². The van der Waals surface area contributed by atoms with Crippen molar-refractivity contribution < 1.29 is 4.39 Å². The molecule has 0 atom stereocenters. The van der Waals surface area contributed by atoms with Crippen LogP contribution in [0.3, 0.4) is 0 Å². The number of aliphatic imine (C=N–C) groups is 1. The number of fused-ring (bicyclic) bond motifs is 1. The molecular weight excluding hydrogens is 322 g/mol. The standard InChI is InChI=1S/C17H13Cl2FN2/c1-22-10-12(19)9-21-17(13-4-2-3-5-15(13)20)14-8-11(18)6-7-16(14)22/h2-9H,10H2,1H3/b12-9+,21-17-. The van der Waals surface area contributed by atoms with Gasteiger partial charge in [0.1, 0.15) is 5.82 Å². The Labute approximate surface area is 138 Å². The van der Waals surface area contributed by atoms with E-state index < -0.39 is 0 Å². The van der Waals surface area contributed by atoms with Crippen molar-refractivity contribution in [2.24, 2.45) is 4.99 Å².